The van der Waals surface area contributed by atoms with Gasteiger partial charge in [0.1, 0.15) is 5.75 Å². The zero-order valence-electron chi connectivity index (χ0n) is 11.9. The molecule has 0 bridgehead atoms. The molecule has 20 heavy (non-hydrogen) atoms. The third-order valence-corrected chi connectivity index (χ3v) is 3.81. The second-order valence-corrected chi connectivity index (χ2v) is 5.83. The standard InChI is InChI=1S/C15H22BrNO3/c1-18-8-7-17-9-13-3-2-4-14(16)15(13)20-11-19-10-12-5-6-12/h2-4,12,17H,5-11H2,1H3. The summed E-state index contributed by atoms with van der Waals surface area (Å²) in [6, 6.07) is 6.05. The Morgan fingerprint density at radius 3 is 2.95 bits per heavy atom. The maximum atomic E-state index is 5.76. The average molecular weight is 344 g/mol. The molecule has 0 aromatic heterocycles. The highest BCUT2D eigenvalue weighted by atomic mass is 79.9. The van der Waals surface area contributed by atoms with Gasteiger partial charge in [0.15, 0.2) is 6.79 Å². The topological polar surface area (TPSA) is 39.7 Å². The normalized spacial score (nSPS) is 14.5. The van der Waals surface area contributed by atoms with Crippen molar-refractivity contribution in [3.63, 3.8) is 0 Å². The van der Waals surface area contributed by atoms with Crippen molar-refractivity contribution in [2.75, 3.05) is 33.7 Å². The van der Waals surface area contributed by atoms with Crippen LogP contribution in [0, 0.1) is 5.92 Å². The Morgan fingerprint density at radius 1 is 1.35 bits per heavy atom. The maximum absolute atomic E-state index is 5.76. The minimum atomic E-state index is 0.310. The van der Waals surface area contributed by atoms with Crippen molar-refractivity contribution in [3.05, 3.63) is 28.2 Å². The summed E-state index contributed by atoms with van der Waals surface area (Å²) in [6.07, 6.45) is 2.59. The van der Waals surface area contributed by atoms with E-state index in [-0.39, 0.29) is 0 Å². The second-order valence-electron chi connectivity index (χ2n) is 4.97. The van der Waals surface area contributed by atoms with Crippen LogP contribution in [0.3, 0.4) is 0 Å². The van der Waals surface area contributed by atoms with Gasteiger partial charge in [0, 0.05) is 25.8 Å². The van der Waals surface area contributed by atoms with Crippen LogP contribution in [-0.2, 0) is 16.0 Å². The number of nitrogens with one attached hydrogen (secondary N) is 1. The summed E-state index contributed by atoms with van der Waals surface area (Å²) in [5.41, 5.74) is 1.12. The van der Waals surface area contributed by atoms with E-state index < -0.39 is 0 Å². The Labute approximate surface area is 128 Å². The Morgan fingerprint density at radius 2 is 2.20 bits per heavy atom. The van der Waals surface area contributed by atoms with Crippen molar-refractivity contribution in [2.45, 2.75) is 19.4 Å². The number of rotatable bonds is 10. The fourth-order valence-corrected chi connectivity index (χ4v) is 2.37. The monoisotopic (exact) mass is 343 g/mol. The molecule has 0 atom stereocenters. The molecule has 1 aliphatic rings. The average Bonchev–Trinajstić information content (AvgIpc) is 3.26. The summed E-state index contributed by atoms with van der Waals surface area (Å²) < 4.78 is 17.3. The van der Waals surface area contributed by atoms with E-state index >= 15 is 0 Å². The number of ether oxygens (including phenoxy) is 3. The Hall–Kier alpha value is -0.620. The predicted octanol–water partition coefficient (Wildman–Crippen LogP) is 2.95. The number of hydrogen-bond acceptors (Lipinski definition) is 4. The molecule has 1 aliphatic carbocycles. The van der Waals surface area contributed by atoms with Gasteiger partial charge in [-0.25, -0.2) is 0 Å². The molecule has 1 aromatic rings. The van der Waals surface area contributed by atoms with Gasteiger partial charge in [-0.3, -0.25) is 0 Å². The Kier molecular flexibility index (Phi) is 6.79. The van der Waals surface area contributed by atoms with Crippen LogP contribution in [-0.4, -0.2) is 33.7 Å². The first kappa shape index (κ1) is 15.8. The van der Waals surface area contributed by atoms with Crippen LogP contribution in [0.5, 0.6) is 5.75 Å². The first-order valence-electron chi connectivity index (χ1n) is 6.99. The van der Waals surface area contributed by atoms with Gasteiger partial charge in [0.2, 0.25) is 0 Å². The zero-order chi connectivity index (χ0) is 14.2. The van der Waals surface area contributed by atoms with Crippen LogP contribution in [0.2, 0.25) is 0 Å². The molecule has 5 heteroatoms. The molecular weight excluding hydrogens is 322 g/mol. The van der Waals surface area contributed by atoms with Gasteiger partial charge in [-0.15, -0.1) is 0 Å². The summed E-state index contributed by atoms with van der Waals surface area (Å²) in [6.45, 7) is 3.39. The Balaban J connectivity index is 1.80. The van der Waals surface area contributed by atoms with Crippen molar-refractivity contribution in [1.29, 1.82) is 0 Å². The van der Waals surface area contributed by atoms with E-state index in [0.717, 1.165) is 41.4 Å². The molecule has 1 aromatic carbocycles. The van der Waals surface area contributed by atoms with E-state index in [1.807, 2.05) is 12.1 Å². The second kappa shape index (κ2) is 8.62. The van der Waals surface area contributed by atoms with E-state index in [1.54, 1.807) is 7.11 Å². The van der Waals surface area contributed by atoms with E-state index in [2.05, 4.69) is 27.3 Å². The lowest BCUT2D eigenvalue weighted by Gasteiger charge is -2.14. The van der Waals surface area contributed by atoms with Crippen molar-refractivity contribution < 1.29 is 14.2 Å². The van der Waals surface area contributed by atoms with Crippen LogP contribution in [0.15, 0.2) is 22.7 Å². The van der Waals surface area contributed by atoms with E-state index in [0.29, 0.717) is 13.4 Å². The molecule has 1 saturated carbocycles. The summed E-state index contributed by atoms with van der Waals surface area (Å²) in [5, 5.41) is 3.32. The molecule has 0 unspecified atom stereocenters. The molecule has 0 saturated heterocycles. The molecule has 0 heterocycles. The van der Waals surface area contributed by atoms with Crippen LogP contribution in [0.1, 0.15) is 18.4 Å². The van der Waals surface area contributed by atoms with Crippen LogP contribution in [0.4, 0.5) is 0 Å². The van der Waals surface area contributed by atoms with Crippen molar-refractivity contribution in [1.82, 2.24) is 5.32 Å². The van der Waals surface area contributed by atoms with Gasteiger partial charge < -0.3 is 19.5 Å². The number of hydrogen-bond donors (Lipinski definition) is 1. The van der Waals surface area contributed by atoms with E-state index in [1.165, 1.54) is 12.8 Å². The molecule has 0 radical (unpaired) electrons. The molecule has 0 amide bonds. The molecule has 2 rings (SSSR count). The molecule has 0 spiro atoms. The number of methoxy groups -OCH3 is 1. The highest BCUT2D eigenvalue weighted by molar-refractivity contribution is 9.10. The summed E-state index contributed by atoms with van der Waals surface area (Å²) in [5.74, 6) is 1.61. The van der Waals surface area contributed by atoms with Gasteiger partial charge in [0.05, 0.1) is 17.7 Å². The minimum Gasteiger partial charge on any atom is -0.466 e. The fraction of sp³-hybridized carbons (Fsp3) is 0.600. The lowest BCUT2D eigenvalue weighted by atomic mass is 10.2. The quantitative estimate of drug-likeness (QED) is 0.523. The third kappa shape index (κ3) is 5.40. The van der Waals surface area contributed by atoms with E-state index in [9.17, 15) is 0 Å². The molecule has 1 fully saturated rings. The number of halogens is 1. The zero-order valence-corrected chi connectivity index (χ0v) is 13.4. The van der Waals surface area contributed by atoms with Gasteiger partial charge in [-0.1, -0.05) is 12.1 Å². The molecule has 112 valence electrons. The predicted molar refractivity (Wildman–Crippen MR) is 81.9 cm³/mol. The third-order valence-electron chi connectivity index (χ3n) is 3.18. The molecular formula is C15H22BrNO3. The highest BCUT2D eigenvalue weighted by Gasteiger charge is 2.21. The lowest BCUT2D eigenvalue weighted by molar-refractivity contribution is 0.00898. The number of para-hydroxylation sites is 1. The SMILES string of the molecule is COCCNCc1cccc(Br)c1OCOCC1CC1. The van der Waals surface area contributed by atoms with Crippen LogP contribution >= 0.6 is 15.9 Å². The number of benzene rings is 1. The highest BCUT2D eigenvalue weighted by Crippen LogP contribution is 2.30. The van der Waals surface area contributed by atoms with Crippen molar-refractivity contribution >= 4 is 15.9 Å². The van der Waals surface area contributed by atoms with Gasteiger partial charge in [-0.05, 0) is 40.8 Å². The molecule has 1 N–H and O–H groups in total. The summed E-state index contributed by atoms with van der Waals surface area (Å²) >= 11 is 3.53. The Bertz CT molecular complexity index is 410. The smallest absolute Gasteiger partial charge is 0.189 e. The van der Waals surface area contributed by atoms with Crippen LogP contribution in [0.25, 0.3) is 0 Å². The van der Waals surface area contributed by atoms with Crippen LogP contribution < -0.4 is 10.1 Å². The van der Waals surface area contributed by atoms with Crippen molar-refractivity contribution in [3.8, 4) is 5.75 Å². The fourth-order valence-electron chi connectivity index (χ4n) is 1.85. The van der Waals surface area contributed by atoms with Gasteiger partial charge in [-0.2, -0.15) is 0 Å². The first-order valence-corrected chi connectivity index (χ1v) is 7.78. The summed E-state index contributed by atoms with van der Waals surface area (Å²) in [4.78, 5) is 0. The lowest BCUT2D eigenvalue weighted by Crippen LogP contribution is -2.19. The summed E-state index contributed by atoms with van der Waals surface area (Å²) in [7, 11) is 1.70. The van der Waals surface area contributed by atoms with Gasteiger partial charge >= 0.3 is 0 Å². The molecule has 0 aliphatic heterocycles. The van der Waals surface area contributed by atoms with Gasteiger partial charge in [0.25, 0.3) is 0 Å². The first-order chi connectivity index (χ1) is 9.81. The largest absolute Gasteiger partial charge is 0.466 e. The van der Waals surface area contributed by atoms with E-state index in [4.69, 9.17) is 14.2 Å². The molecule has 4 nitrogen and oxygen atoms in total. The maximum Gasteiger partial charge on any atom is 0.189 e. The minimum absolute atomic E-state index is 0.310. The van der Waals surface area contributed by atoms with Crippen molar-refractivity contribution in [2.24, 2.45) is 5.92 Å².